The SMILES string of the molecule is CCC(=O)n1nc(OC(C)C)nc1-c1cccc(F)c1. The Morgan fingerprint density at radius 2 is 2.20 bits per heavy atom. The molecule has 0 amide bonds. The predicted molar refractivity (Wildman–Crippen MR) is 72.1 cm³/mol. The van der Waals surface area contributed by atoms with Crippen LogP contribution in [0.5, 0.6) is 6.01 Å². The van der Waals surface area contributed by atoms with Crippen LogP contribution in [0.2, 0.25) is 0 Å². The van der Waals surface area contributed by atoms with Crippen molar-refractivity contribution in [3.8, 4) is 17.4 Å². The summed E-state index contributed by atoms with van der Waals surface area (Å²) in [5.74, 6) is -0.338. The third kappa shape index (κ3) is 3.01. The highest BCUT2D eigenvalue weighted by Crippen LogP contribution is 2.21. The lowest BCUT2D eigenvalue weighted by molar-refractivity contribution is 0.0891. The highest BCUT2D eigenvalue weighted by Gasteiger charge is 2.18. The van der Waals surface area contributed by atoms with Crippen molar-refractivity contribution >= 4 is 5.91 Å². The van der Waals surface area contributed by atoms with E-state index < -0.39 is 5.82 Å². The standard InChI is InChI=1S/C14H16FN3O2/c1-4-12(19)18-13(10-6-5-7-11(15)8-10)16-14(17-18)20-9(2)3/h5-9H,4H2,1-3H3. The molecule has 0 radical (unpaired) electrons. The Morgan fingerprint density at radius 1 is 1.45 bits per heavy atom. The number of rotatable bonds is 4. The summed E-state index contributed by atoms with van der Waals surface area (Å²) in [7, 11) is 0. The average Bonchev–Trinajstić information content (AvgIpc) is 2.81. The van der Waals surface area contributed by atoms with Crippen LogP contribution in [0.3, 0.4) is 0 Å². The normalized spacial score (nSPS) is 10.8. The molecule has 0 aliphatic heterocycles. The van der Waals surface area contributed by atoms with Gasteiger partial charge in [0.2, 0.25) is 5.91 Å². The second-order valence-corrected chi connectivity index (χ2v) is 4.55. The topological polar surface area (TPSA) is 57.0 Å². The summed E-state index contributed by atoms with van der Waals surface area (Å²) in [4.78, 5) is 16.1. The zero-order valence-corrected chi connectivity index (χ0v) is 11.6. The molecule has 106 valence electrons. The van der Waals surface area contributed by atoms with E-state index in [9.17, 15) is 9.18 Å². The lowest BCUT2D eigenvalue weighted by Crippen LogP contribution is -2.13. The van der Waals surface area contributed by atoms with Gasteiger partial charge in [-0.05, 0) is 26.0 Å². The molecule has 0 saturated heterocycles. The number of hydrogen-bond donors (Lipinski definition) is 0. The van der Waals surface area contributed by atoms with Crippen molar-refractivity contribution in [1.29, 1.82) is 0 Å². The van der Waals surface area contributed by atoms with Gasteiger partial charge in [0.25, 0.3) is 0 Å². The van der Waals surface area contributed by atoms with E-state index in [0.717, 1.165) is 4.68 Å². The maximum absolute atomic E-state index is 13.3. The Bertz CT molecular complexity index is 623. The van der Waals surface area contributed by atoms with Crippen LogP contribution in [0, 0.1) is 5.82 Å². The summed E-state index contributed by atoms with van der Waals surface area (Å²) >= 11 is 0. The Hall–Kier alpha value is -2.24. The summed E-state index contributed by atoms with van der Waals surface area (Å²) in [6.07, 6.45) is 0.162. The van der Waals surface area contributed by atoms with Gasteiger partial charge in [0, 0.05) is 12.0 Å². The van der Waals surface area contributed by atoms with E-state index >= 15 is 0 Å². The number of halogens is 1. The molecule has 2 aromatic rings. The third-order valence-electron chi connectivity index (χ3n) is 2.55. The Morgan fingerprint density at radius 3 is 2.80 bits per heavy atom. The molecule has 20 heavy (non-hydrogen) atoms. The first-order valence-corrected chi connectivity index (χ1v) is 6.44. The molecule has 0 spiro atoms. The first-order valence-electron chi connectivity index (χ1n) is 6.44. The zero-order valence-electron chi connectivity index (χ0n) is 11.6. The van der Waals surface area contributed by atoms with Gasteiger partial charge in [-0.3, -0.25) is 4.79 Å². The van der Waals surface area contributed by atoms with Crippen LogP contribution in [0.1, 0.15) is 32.0 Å². The van der Waals surface area contributed by atoms with E-state index in [-0.39, 0.29) is 30.3 Å². The molecule has 2 rings (SSSR count). The predicted octanol–water partition coefficient (Wildman–Crippen LogP) is 2.92. The molecule has 0 bridgehead atoms. The van der Waals surface area contributed by atoms with Gasteiger partial charge in [0.1, 0.15) is 5.82 Å². The van der Waals surface area contributed by atoms with Gasteiger partial charge in [-0.25, -0.2) is 4.39 Å². The summed E-state index contributed by atoms with van der Waals surface area (Å²) in [5, 5.41) is 4.04. The van der Waals surface area contributed by atoms with E-state index in [1.54, 1.807) is 19.1 Å². The molecular weight excluding hydrogens is 261 g/mol. The zero-order chi connectivity index (χ0) is 14.7. The average molecular weight is 277 g/mol. The van der Waals surface area contributed by atoms with Crippen LogP contribution in [0.15, 0.2) is 24.3 Å². The van der Waals surface area contributed by atoms with Crippen molar-refractivity contribution < 1.29 is 13.9 Å². The Labute approximate surface area is 116 Å². The van der Waals surface area contributed by atoms with Crippen molar-refractivity contribution in [3.63, 3.8) is 0 Å². The van der Waals surface area contributed by atoms with Crippen LogP contribution in [-0.4, -0.2) is 26.8 Å². The number of benzene rings is 1. The minimum absolute atomic E-state index is 0.108. The molecule has 0 aliphatic rings. The molecule has 6 heteroatoms. The number of carbonyl (C=O) groups excluding carboxylic acids is 1. The highest BCUT2D eigenvalue weighted by molar-refractivity contribution is 5.82. The molecule has 0 unspecified atom stereocenters. The van der Waals surface area contributed by atoms with Gasteiger partial charge in [-0.15, -0.1) is 5.10 Å². The quantitative estimate of drug-likeness (QED) is 0.862. The molecule has 1 aromatic carbocycles. The second kappa shape index (κ2) is 5.81. The van der Waals surface area contributed by atoms with Gasteiger partial charge >= 0.3 is 6.01 Å². The van der Waals surface area contributed by atoms with Crippen molar-refractivity contribution in [2.75, 3.05) is 0 Å². The molecule has 1 aromatic heterocycles. The van der Waals surface area contributed by atoms with Gasteiger partial charge in [0.05, 0.1) is 6.10 Å². The largest absolute Gasteiger partial charge is 0.460 e. The molecule has 1 heterocycles. The van der Waals surface area contributed by atoms with Gasteiger partial charge in [0.15, 0.2) is 5.82 Å². The van der Waals surface area contributed by atoms with E-state index in [1.165, 1.54) is 12.1 Å². The van der Waals surface area contributed by atoms with Crippen molar-refractivity contribution in [1.82, 2.24) is 14.8 Å². The molecule has 0 saturated carbocycles. The van der Waals surface area contributed by atoms with E-state index in [0.29, 0.717) is 5.56 Å². The van der Waals surface area contributed by atoms with E-state index in [2.05, 4.69) is 10.1 Å². The van der Waals surface area contributed by atoms with Gasteiger partial charge < -0.3 is 4.74 Å². The maximum Gasteiger partial charge on any atom is 0.336 e. The lowest BCUT2D eigenvalue weighted by Gasteiger charge is -2.02. The fourth-order valence-corrected chi connectivity index (χ4v) is 1.69. The summed E-state index contributed by atoms with van der Waals surface area (Å²) < 4.78 is 19.9. The summed E-state index contributed by atoms with van der Waals surface area (Å²) in [6.45, 7) is 5.40. The Kier molecular flexibility index (Phi) is 4.12. The highest BCUT2D eigenvalue weighted by atomic mass is 19.1. The maximum atomic E-state index is 13.3. The fourth-order valence-electron chi connectivity index (χ4n) is 1.69. The van der Waals surface area contributed by atoms with E-state index in [4.69, 9.17) is 4.74 Å². The molecule has 5 nitrogen and oxygen atoms in total. The molecular formula is C14H16FN3O2. The minimum Gasteiger partial charge on any atom is -0.460 e. The number of ether oxygens (including phenoxy) is 1. The van der Waals surface area contributed by atoms with Crippen molar-refractivity contribution in [2.45, 2.75) is 33.3 Å². The number of aromatic nitrogens is 3. The monoisotopic (exact) mass is 277 g/mol. The first-order chi connectivity index (χ1) is 9.51. The molecule has 0 atom stereocenters. The number of nitrogens with zero attached hydrogens (tertiary/aromatic N) is 3. The number of hydrogen-bond acceptors (Lipinski definition) is 4. The van der Waals surface area contributed by atoms with Crippen molar-refractivity contribution in [3.05, 3.63) is 30.1 Å². The second-order valence-electron chi connectivity index (χ2n) is 4.55. The van der Waals surface area contributed by atoms with Crippen LogP contribution in [0.25, 0.3) is 11.4 Å². The van der Waals surface area contributed by atoms with Crippen LogP contribution < -0.4 is 4.74 Å². The third-order valence-corrected chi connectivity index (χ3v) is 2.55. The van der Waals surface area contributed by atoms with Crippen molar-refractivity contribution in [2.24, 2.45) is 0 Å². The number of carbonyl (C=O) groups is 1. The van der Waals surface area contributed by atoms with Gasteiger partial charge in [-0.1, -0.05) is 19.1 Å². The molecule has 0 N–H and O–H groups in total. The van der Waals surface area contributed by atoms with Gasteiger partial charge in [-0.2, -0.15) is 9.67 Å². The smallest absolute Gasteiger partial charge is 0.336 e. The molecule has 0 fully saturated rings. The van der Waals surface area contributed by atoms with Crippen LogP contribution in [-0.2, 0) is 0 Å². The Balaban J connectivity index is 2.49. The minimum atomic E-state index is -0.396. The fraction of sp³-hybridized carbons (Fsp3) is 0.357. The lowest BCUT2D eigenvalue weighted by atomic mass is 10.2. The van der Waals surface area contributed by atoms with Crippen LogP contribution in [0.4, 0.5) is 4.39 Å². The summed E-state index contributed by atoms with van der Waals surface area (Å²) in [5.41, 5.74) is 0.484. The molecule has 0 aliphatic carbocycles. The summed E-state index contributed by atoms with van der Waals surface area (Å²) in [6, 6.07) is 5.98. The first kappa shape index (κ1) is 14.2. The van der Waals surface area contributed by atoms with Crippen LogP contribution >= 0.6 is 0 Å². The van der Waals surface area contributed by atoms with E-state index in [1.807, 2.05) is 13.8 Å².